The zero-order chi connectivity index (χ0) is 16.4. The van der Waals surface area contributed by atoms with Gasteiger partial charge in [0.15, 0.2) is 10.6 Å². The Labute approximate surface area is 134 Å². The molecule has 1 amide bonds. The number of rotatable bonds is 5. The van der Waals surface area contributed by atoms with E-state index in [4.69, 9.17) is 23.2 Å². The molecular weight excluding hydrogens is 341 g/mol. The van der Waals surface area contributed by atoms with Crippen LogP contribution < -0.4 is 9.75 Å². The molecule has 1 aromatic rings. The third kappa shape index (κ3) is 3.36. The first-order valence-corrected chi connectivity index (χ1v) is 6.94. The number of ketones is 1. The quantitative estimate of drug-likeness (QED) is 0.605. The number of amides is 1. The monoisotopic (exact) mass is 350 g/mol. The molecule has 0 saturated heterocycles. The van der Waals surface area contributed by atoms with Gasteiger partial charge in [0.05, 0.1) is 11.4 Å². The molecule has 1 heterocycles. The number of carbonyl (C=O) groups is 2. The second kappa shape index (κ2) is 6.58. The van der Waals surface area contributed by atoms with E-state index in [2.05, 4.69) is 9.84 Å². The number of hydrazone groups is 1. The van der Waals surface area contributed by atoms with E-state index in [1.165, 1.54) is 31.2 Å². The molecule has 1 unspecified atom stereocenters. The molecular formula is C13H10Cl2F2N2O3. The van der Waals surface area contributed by atoms with Gasteiger partial charge in [-0.3, -0.25) is 9.59 Å². The van der Waals surface area contributed by atoms with Crippen LogP contribution in [0.15, 0.2) is 29.4 Å². The molecule has 1 aromatic carbocycles. The normalized spacial score (nSPS) is 18.1. The average molecular weight is 351 g/mol. The molecule has 1 aliphatic rings. The fourth-order valence-electron chi connectivity index (χ4n) is 1.97. The van der Waals surface area contributed by atoms with E-state index < -0.39 is 29.1 Å². The summed E-state index contributed by atoms with van der Waals surface area (Å²) in [6, 6.07) is 5.28. The highest BCUT2D eigenvalue weighted by atomic mass is 35.5. The van der Waals surface area contributed by atoms with Crippen LogP contribution in [0.25, 0.3) is 0 Å². The van der Waals surface area contributed by atoms with E-state index >= 15 is 0 Å². The van der Waals surface area contributed by atoms with Crippen LogP contribution >= 0.6 is 23.2 Å². The lowest BCUT2D eigenvalue weighted by atomic mass is 10.00. The van der Waals surface area contributed by atoms with Crippen LogP contribution in [0.5, 0.6) is 5.75 Å². The predicted octanol–water partition coefficient (Wildman–Crippen LogP) is 3.00. The van der Waals surface area contributed by atoms with Gasteiger partial charge in [0.1, 0.15) is 11.7 Å². The number of Topliss-reactive ketones (excluding diaryl/α,β-unsaturated/α-hetero) is 1. The van der Waals surface area contributed by atoms with Gasteiger partial charge in [-0.05, 0) is 31.2 Å². The van der Waals surface area contributed by atoms with E-state index in [0.717, 1.165) is 5.01 Å². The van der Waals surface area contributed by atoms with Crippen molar-refractivity contribution in [2.45, 2.75) is 18.4 Å². The van der Waals surface area contributed by atoms with Crippen molar-refractivity contribution < 1.29 is 23.1 Å². The standard InChI is InChI=1S/C13H10Cl2F2N2O3/c1-6-9(10(20)11(14)15)12(21)19(18-6)7-2-4-8(5-3-7)22-13(16)17/h2-5,9,11,13H,1H3. The maximum absolute atomic E-state index is 12.2. The second-order valence-electron chi connectivity index (χ2n) is 4.40. The van der Waals surface area contributed by atoms with Crippen LogP contribution in [-0.2, 0) is 9.59 Å². The first-order chi connectivity index (χ1) is 10.3. The van der Waals surface area contributed by atoms with Gasteiger partial charge in [0.25, 0.3) is 5.91 Å². The first kappa shape index (κ1) is 16.6. The molecule has 118 valence electrons. The largest absolute Gasteiger partial charge is 0.435 e. The van der Waals surface area contributed by atoms with Gasteiger partial charge in [-0.15, -0.1) is 0 Å². The molecule has 0 aliphatic carbocycles. The number of hydrogen-bond donors (Lipinski definition) is 0. The summed E-state index contributed by atoms with van der Waals surface area (Å²) in [4.78, 5) is 22.7. The number of halogens is 4. The van der Waals surface area contributed by atoms with E-state index in [1.807, 2.05) is 0 Å². The van der Waals surface area contributed by atoms with Crippen molar-refractivity contribution >= 4 is 46.3 Å². The van der Waals surface area contributed by atoms with Gasteiger partial charge in [-0.25, -0.2) is 0 Å². The number of ether oxygens (including phenoxy) is 1. The fourth-order valence-corrected chi connectivity index (χ4v) is 2.23. The Morgan fingerprint density at radius 1 is 1.32 bits per heavy atom. The minimum atomic E-state index is -2.94. The molecule has 0 saturated carbocycles. The van der Waals surface area contributed by atoms with Crippen LogP contribution in [0.3, 0.4) is 0 Å². The molecule has 0 fully saturated rings. The number of anilines is 1. The molecule has 9 heteroatoms. The Bertz CT molecular complexity index is 620. The third-order valence-corrected chi connectivity index (χ3v) is 3.37. The van der Waals surface area contributed by atoms with Crippen molar-refractivity contribution in [1.29, 1.82) is 0 Å². The highest BCUT2D eigenvalue weighted by molar-refractivity contribution is 6.56. The lowest BCUT2D eigenvalue weighted by Gasteiger charge is -2.14. The Morgan fingerprint density at radius 3 is 2.41 bits per heavy atom. The van der Waals surface area contributed by atoms with E-state index in [-0.39, 0.29) is 11.5 Å². The number of benzene rings is 1. The predicted molar refractivity (Wildman–Crippen MR) is 77.7 cm³/mol. The van der Waals surface area contributed by atoms with Crippen molar-refractivity contribution in [2.75, 3.05) is 5.01 Å². The van der Waals surface area contributed by atoms with Gasteiger partial charge in [-0.1, -0.05) is 23.2 Å². The van der Waals surface area contributed by atoms with E-state index in [1.54, 1.807) is 0 Å². The Hall–Kier alpha value is -1.73. The summed E-state index contributed by atoms with van der Waals surface area (Å²) >= 11 is 11.0. The molecule has 0 spiro atoms. The maximum atomic E-state index is 12.2. The molecule has 0 radical (unpaired) electrons. The van der Waals surface area contributed by atoms with E-state index in [0.29, 0.717) is 5.69 Å². The number of nitrogens with zero attached hydrogens (tertiary/aromatic N) is 2. The summed E-state index contributed by atoms with van der Waals surface area (Å²) in [5, 5.41) is 4.99. The SMILES string of the molecule is CC1=NN(c2ccc(OC(F)F)cc2)C(=O)C1C(=O)C(Cl)Cl. The summed E-state index contributed by atoms with van der Waals surface area (Å²) < 4.78 is 28.4. The number of carbonyl (C=O) groups excluding carboxylic acids is 2. The molecule has 0 aromatic heterocycles. The minimum absolute atomic E-state index is 0.0553. The smallest absolute Gasteiger partial charge is 0.387 e. The first-order valence-electron chi connectivity index (χ1n) is 6.07. The van der Waals surface area contributed by atoms with Crippen LogP contribution in [0.4, 0.5) is 14.5 Å². The molecule has 1 aliphatic heterocycles. The van der Waals surface area contributed by atoms with Crippen molar-refractivity contribution in [1.82, 2.24) is 0 Å². The van der Waals surface area contributed by atoms with Crippen LogP contribution in [0.2, 0.25) is 0 Å². The van der Waals surface area contributed by atoms with Gasteiger partial charge < -0.3 is 4.74 Å². The number of alkyl halides is 4. The van der Waals surface area contributed by atoms with Crippen LogP contribution in [0.1, 0.15) is 6.92 Å². The van der Waals surface area contributed by atoms with Gasteiger partial charge in [0, 0.05) is 0 Å². The summed E-state index contributed by atoms with van der Waals surface area (Å²) in [6.07, 6.45) is 0. The summed E-state index contributed by atoms with van der Waals surface area (Å²) in [5.41, 5.74) is 0.566. The Balaban J connectivity index is 2.20. The second-order valence-corrected chi connectivity index (χ2v) is 5.50. The average Bonchev–Trinajstić information content (AvgIpc) is 2.73. The molecule has 22 heavy (non-hydrogen) atoms. The lowest BCUT2D eigenvalue weighted by Crippen LogP contribution is -2.35. The summed E-state index contributed by atoms with van der Waals surface area (Å²) in [5.74, 6) is -2.46. The van der Waals surface area contributed by atoms with Gasteiger partial charge in [0.2, 0.25) is 0 Å². The fraction of sp³-hybridized carbons (Fsp3) is 0.308. The number of hydrogen-bond acceptors (Lipinski definition) is 4. The van der Waals surface area contributed by atoms with Crippen LogP contribution in [-0.4, -0.2) is 28.8 Å². The van der Waals surface area contributed by atoms with Crippen molar-refractivity contribution in [3.8, 4) is 5.75 Å². The highest BCUT2D eigenvalue weighted by Crippen LogP contribution is 2.28. The molecule has 0 N–H and O–H groups in total. The highest BCUT2D eigenvalue weighted by Gasteiger charge is 2.41. The third-order valence-electron chi connectivity index (χ3n) is 2.94. The molecule has 0 bridgehead atoms. The Morgan fingerprint density at radius 2 is 1.91 bits per heavy atom. The Kier molecular flexibility index (Phi) is 4.97. The van der Waals surface area contributed by atoms with Crippen molar-refractivity contribution in [3.63, 3.8) is 0 Å². The van der Waals surface area contributed by atoms with Crippen molar-refractivity contribution in [2.24, 2.45) is 11.0 Å². The van der Waals surface area contributed by atoms with Crippen molar-refractivity contribution in [3.05, 3.63) is 24.3 Å². The summed E-state index contributed by atoms with van der Waals surface area (Å²) in [6.45, 7) is -1.43. The molecule has 2 rings (SSSR count). The molecule has 5 nitrogen and oxygen atoms in total. The van der Waals surface area contributed by atoms with E-state index in [9.17, 15) is 18.4 Å². The minimum Gasteiger partial charge on any atom is -0.435 e. The van der Waals surface area contributed by atoms with Crippen LogP contribution in [0, 0.1) is 5.92 Å². The molecule has 1 atom stereocenters. The summed E-state index contributed by atoms with van der Waals surface area (Å²) in [7, 11) is 0. The lowest BCUT2D eigenvalue weighted by molar-refractivity contribution is -0.128. The zero-order valence-corrected chi connectivity index (χ0v) is 12.7. The topological polar surface area (TPSA) is 59.0 Å². The van der Waals surface area contributed by atoms with Gasteiger partial charge >= 0.3 is 6.61 Å². The van der Waals surface area contributed by atoms with Gasteiger partial charge in [-0.2, -0.15) is 18.9 Å². The maximum Gasteiger partial charge on any atom is 0.387 e. The zero-order valence-electron chi connectivity index (χ0n) is 11.2.